The lowest BCUT2D eigenvalue weighted by Gasteiger charge is -2.38. The van der Waals surface area contributed by atoms with Gasteiger partial charge in [0, 0.05) is 74.0 Å². The molecule has 8 nitrogen and oxygen atoms in total. The van der Waals surface area contributed by atoms with Gasteiger partial charge < -0.3 is 19.5 Å². The molecule has 2 saturated heterocycles. The summed E-state index contributed by atoms with van der Waals surface area (Å²) in [5.74, 6) is -0.104. The van der Waals surface area contributed by atoms with Gasteiger partial charge in [0.2, 0.25) is 5.91 Å². The zero-order valence-electron chi connectivity index (χ0n) is 20.2. The van der Waals surface area contributed by atoms with E-state index >= 15 is 0 Å². The van der Waals surface area contributed by atoms with E-state index < -0.39 is 6.04 Å². The molecule has 6 rings (SSSR count). The number of amides is 1. The Morgan fingerprint density at radius 2 is 2.06 bits per heavy atom. The molecule has 2 aromatic heterocycles. The van der Waals surface area contributed by atoms with Gasteiger partial charge >= 0.3 is 0 Å². The molecule has 4 atom stereocenters. The number of pyridine rings is 1. The predicted octanol–water partition coefficient (Wildman–Crippen LogP) is 1.81. The summed E-state index contributed by atoms with van der Waals surface area (Å²) >= 11 is 1.58. The quantitative estimate of drug-likeness (QED) is 0.682. The van der Waals surface area contributed by atoms with Crippen LogP contribution in [0.2, 0.25) is 0 Å². The zero-order valence-corrected chi connectivity index (χ0v) is 21.0. The summed E-state index contributed by atoms with van der Waals surface area (Å²) in [6, 6.07) is 3.57. The first-order chi connectivity index (χ1) is 17.1. The Bertz CT molecular complexity index is 1180. The van der Waals surface area contributed by atoms with Gasteiger partial charge in [-0.25, -0.2) is 4.98 Å². The Balaban J connectivity index is 1.38. The van der Waals surface area contributed by atoms with E-state index in [2.05, 4.69) is 34.0 Å². The standard InChI is InChI=1S/C26H33N5O3S/c1-28-9-11-29(12-10-28)26(34)24-20(16-32)19-14-30-21(23(19)31(24)15-22-27-8-13-35-22)7-6-18(25(30)33)17-4-2-3-5-17/h4,6-8,13,19-20,23-24,32H,2-3,5,9-12,14-16H2,1H3/t19-,20-,23+,24-/m0/s1. The van der Waals surface area contributed by atoms with E-state index in [0.717, 1.165) is 54.2 Å². The number of thiazole rings is 1. The summed E-state index contributed by atoms with van der Waals surface area (Å²) < 4.78 is 1.91. The number of hydrogen-bond donors (Lipinski definition) is 1. The molecule has 0 unspecified atom stereocenters. The van der Waals surface area contributed by atoms with Crippen LogP contribution in [-0.4, -0.2) is 81.1 Å². The maximum Gasteiger partial charge on any atom is 0.258 e. The first-order valence-electron chi connectivity index (χ1n) is 12.7. The Labute approximate surface area is 209 Å². The second kappa shape index (κ2) is 9.28. The average molecular weight is 496 g/mol. The molecule has 1 N–H and O–H groups in total. The molecular formula is C26H33N5O3S. The molecule has 0 radical (unpaired) electrons. The first kappa shape index (κ1) is 23.1. The van der Waals surface area contributed by atoms with Crippen LogP contribution in [0, 0.1) is 11.8 Å². The lowest BCUT2D eigenvalue weighted by molar-refractivity contribution is -0.140. The van der Waals surface area contributed by atoms with Gasteiger partial charge in [-0.2, -0.15) is 0 Å². The van der Waals surface area contributed by atoms with Gasteiger partial charge in [0.05, 0.1) is 18.6 Å². The van der Waals surface area contributed by atoms with E-state index in [1.807, 2.05) is 20.9 Å². The fourth-order valence-electron chi connectivity index (χ4n) is 6.63. The Morgan fingerprint density at radius 1 is 1.23 bits per heavy atom. The molecule has 2 fully saturated rings. The largest absolute Gasteiger partial charge is 0.396 e. The van der Waals surface area contributed by atoms with Crippen LogP contribution in [0.1, 0.15) is 41.6 Å². The number of nitrogens with zero attached hydrogens (tertiary/aromatic N) is 5. The molecule has 1 amide bonds. The fraction of sp³-hybridized carbons (Fsp3) is 0.577. The van der Waals surface area contributed by atoms with Crippen molar-refractivity contribution < 1.29 is 9.90 Å². The van der Waals surface area contributed by atoms with E-state index in [9.17, 15) is 14.7 Å². The van der Waals surface area contributed by atoms with Crippen LogP contribution < -0.4 is 5.56 Å². The minimum Gasteiger partial charge on any atom is -0.396 e. The number of aliphatic hydroxyl groups is 1. The summed E-state index contributed by atoms with van der Waals surface area (Å²) in [5.41, 5.74) is 3.00. The minimum atomic E-state index is -0.414. The van der Waals surface area contributed by atoms with Crippen molar-refractivity contribution in [3.8, 4) is 0 Å². The zero-order chi connectivity index (χ0) is 24.1. The summed E-state index contributed by atoms with van der Waals surface area (Å²) in [6.07, 6.45) is 7.08. The maximum atomic E-state index is 13.9. The van der Waals surface area contributed by atoms with E-state index in [1.54, 1.807) is 17.5 Å². The third-order valence-corrected chi connectivity index (χ3v) is 9.21. The average Bonchev–Trinajstić information content (AvgIpc) is 3.65. The number of allylic oxidation sites excluding steroid dienone is 2. The summed E-state index contributed by atoms with van der Waals surface area (Å²) in [6.45, 7) is 4.15. The molecular weight excluding hydrogens is 462 g/mol. The highest BCUT2D eigenvalue weighted by atomic mass is 32.1. The number of aliphatic hydroxyl groups excluding tert-OH is 1. The molecule has 0 saturated carbocycles. The van der Waals surface area contributed by atoms with Gasteiger partial charge in [-0.3, -0.25) is 14.5 Å². The third-order valence-electron chi connectivity index (χ3n) is 8.45. The lowest BCUT2D eigenvalue weighted by atomic mass is 9.88. The number of carbonyl (C=O) groups excluding carboxylic acids is 1. The number of rotatable bonds is 5. The van der Waals surface area contributed by atoms with Gasteiger partial charge in [0.15, 0.2) is 0 Å². The van der Waals surface area contributed by atoms with Crippen LogP contribution in [0.25, 0.3) is 5.57 Å². The summed E-state index contributed by atoms with van der Waals surface area (Å²) in [7, 11) is 2.08. The SMILES string of the molecule is CN1CCN(C(=O)[C@@H]2[C@@H](CO)[C@@H]3Cn4c(ccc(C5=CCCC5)c4=O)[C@@H]3N2Cc2nccs2)CC1. The Hall–Kier alpha value is -2.33. The first-order valence-corrected chi connectivity index (χ1v) is 13.6. The van der Waals surface area contributed by atoms with Crippen LogP contribution in [0.3, 0.4) is 0 Å². The maximum absolute atomic E-state index is 13.9. The van der Waals surface area contributed by atoms with Gasteiger partial charge in [0.25, 0.3) is 5.56 Å². The van der Waals surface area contributed by atoms with E-state index in [-0.39, 0.29) is 36.0 Å². The lowest BCUT2D eigenvalue weighted by Crippen LogP contribution is -2.55. The number of likely N-dealkylation sites (tertiary alicyclic amines) is 1. The van der Waals surface area contributed by atoms with Gasteiger partial charge in [0.1, 0.15) is 5.01 Å². The van der Waals surface area contributed by atoms with Crippen molar-refractivity contribution in [2.75, 3.05) is 39.8 Å². The van der Waals surface area contributed by atoms with Crippen molar-refractivity contribution in [2.24, 2.45) is 11.8 Å². The number of fused-ring (bicyclic) bond motifs is 3. The highest BCUT2D eigenvalue weighted by Crippen LogP contribution is 2.50. The second-order valence-corrected chi connectivity index (χ2v) is 11.3. The van der Waals surface area contributed by atoms with Crippen molar-refractivity contribution in [3.63, 3.8) is 0 Å². The third kappa shape index (κ3) is 3.89. The molecule has 3 aliphatic heterocycles. The summed E-state index contributed by atoms with van der Waals surface area (Å²) in [4.78, 5) is 38.4. The molecule has 0 bridgehead atoms. The highest BCUT2D eigenvalue weighted by molar-refractivity contribution is 7.09. The molecule has 9 heteroatoms. The van der Waals surface area contributed by atoms with Crippen molar-refractivity contribution in [1.29, 1.82) is 0 Å². The minimum absolute atomic E-state index is 0.0156. The Kier molecular flexibility index (Phi) is 6.12. The van der Waals surface area contributed by atoms with E-state index in [4.69, 9.17) is 0 Å². The molecule has 0 aromatic carbocycles. The van der Waals surface area contributed by atoms with Gasteiger partial charge in [-0.05, 0) is 44.0 Å². The van der Waals surface area contributed by atoms with Crippen LogP contribution in [0.4, 0.5) is 0 Å². The highest BCUT2D eigenvalue weighted by Gasteiger charge is 2.56. The fourth-order valence-corrected chi connectivity index (χ4v) is 7.25. The second-order valence-electron chi connectivity index (χ2n) is 10.3. The number of hydrogen-bond acceptors (Lipinski definition) is 7. The van der Waals surface area contributed by atoms with E-state index in [1.165, 1.54) is 0 Å². The number of piperazine rings is 1. The van der Waals surface area contributed by atoms with Crippen molar-refractivity contribution >= 4 is 22.8 Å². The van der Waals surface area contributed by atoms with Crippen molar-refractivity contribution in [3.05, 3.63) is 56.4 Å². The van der Waals surface area contributed by atoms with Crippen LogP contribution in [-0.2, 0) is 17.9 Å². The number of aromatic nitrogens is 2. The van der Waals surface area contributed by atoms with Crippen LogP contribution >= 0.6 is 11.3 Å². The van der Waals surface area contributed by atoms with Gasteiger partial charge in [-0.15, -0.1) is 11.3 Å². The van der Waals surface area contributed by atoms with Crippen molar-refractivity contribution in [2.45, 2.75) is 44.4 Å². The van der Waals surface area contributed by atoms with Crippen LogP contribution in [0.5, 0.6) is 0 Å². The Morgan fingerprint density at radius 3 is 2.74 bits per heavy atom. The monoisotopic (exact) mass is 495 g/mol. The van der Waals surface area contributed by atoms with E-state index in [0.29, 0.717) is 26.2 Å². The van der Waals surface area contributed by atoms with Crippen LogP contribution in [0.15, 0.2) is 34.6 Å². The predicted molar refractivity (Wildman–Crippen MR) is 135 cm³/mol. The van der Waals surface area contributed by atoms with Crippen molar-refractivity contribution in [1.82, 2.24) is 24.3 Å². The normalized spacial score (nSPS) is 28.9. The topological polar surface area (TPSA) is 81.9 Å². The summed E-state index contributed by atoms with van der Waals surface area (Å²) in [5, 5.41) is 13.5. The molecule has 5 heterocycles. The molecule has 0 spiro atoms. The molecule has 1 aliphatic carbocycles. The number of likely N-dealkylation sites (N-methyl/N-ethyl adjacent to an activating group) is 1. The smallest absolute Gasteiger partial charge is 0.258 e. The molecule has 2 aromatic rings. The molecule has 186 valence electrons. The number of carbonyl (C=O) groups is 1. The molecule has 4 aliphatic rings. The molecule has 35 heavy (non-hydrogen) atoms. The van der Waals surface area contributed by atoms with Gasteiger partial charge in [-0.1, -0.05) is 6.08 Å².